The molecule has 0 bridgehead atoms. The van der Waals surface area contributed by atoms with Gasteiger partial charge >= 0.3 is 0 Å². The molecule has 0 heterocycles. The van der Waals surface area contributed by atoms with Crippen molar-refractivity contribution in [1.29, 1.82) is 0 Å². The summed E-state index contributed by atoms with van der Waals surface area (Å²) in [5.74, 6) is -0.306. The maximum Gasteiger partial charge on any atom is 0.200 e. The number of rotatable bonds is 14. The third kappa shape index (κ3) is 8.59. The van der Waals surface area contributed by atoms with Gasteiger partial charge in [0.15, 0.2) is 23.0 Å². The maximum absolute atomic E-state index is 12.4. The van der Waals surface area contributed by atoms with Crippen LogP contribution in [0.5, 0.6) is 34.5 Å². The molecule has 0 saturated carbocycles. The van der Waals surface area contributed by atoms with E-state index in [4.69, 9.17) is 9.47 Å². The first kappa shape index (κ1) is 27.6. The monoisotopic (exact) mass is 511 g/mol. The van der Waals surface area contributed by atoms with E-state index in [1.165, 1.54) is 24.3 Å². The number of benzene rings is 3. The van der Waals surface area contributed by atoms with Crippen molar-refractivity contribution in [2.45, 2.75) is 44.8 Å². The summed E-state index contributed by atoms with van der Waals surface area (Å²) in [4.78, 5) is 12.4. The van der Waals surface area contributed by atoms with Crippen molar-refractivity contribution >= 4 is 5.78 Å². The summed E-state index contributed by atoms with van der Waals surface area (Å²) in [6, 6.07) is 14.4. The van der Waals surface area contributed by atoms with Crippen molar-refractivity contribution < 1.29 is 39.8 Å². The molecule has 6 N–H and O–H groups in total. The van der Waals surface area contributed by atoms with Crippen LogP contribution in [0.15, 0.2) is 54.6 Å². The highest BCUT2D eigenvalue weighted by molar-refractivity contribution is 5.79. The molecule has 0 aliphatic rings. The van der Waals surface area contributed by atoms with E-state index in [9.17, 15) is 30.3 Å². The van der Waals surface area contributed by atoms with Gasteiger partial charge in [0.05, 0.1) is 6.10 Å². The minimum Gasteiger partial charge on any atom is -0.508 e. The Morgan fingerprint density at radius 2 is 1.65 bits per heavy atom. The fourth-order valence-corrected chi connectivity index (χ4v) is 3.77. The Morgan fingerprint density at radius 1 is 0.865 bits per heavy atom. The predicted octanol–water partition coefficient (Wildman–Crippen LogP) is 3.53. The summed E-state index contributed by atoms with van der Waals surface area (Å²) >= 11 is 0. The Bertz CT molecular complexity index is 1200. The Hall–Kier alpha value is -3.95. The van der Waals surface area contributed by atoms with Gasteiger partial charge in [-0.2, -0.15) is 0 Å². The molecule has 0 spiro atoms. The number of phenolic OH excluding ortho intramolecular Hbond substituents is 4. The van der Waals surface area contributed by atoms with Gasteiger partial charge in [-0.3, -0.25) is 10.1 Å². The lowest BCUT2D eigenvalue weighted by Crippen LogP contribution is -2.15. The molecule has 0 aromatic heterocycles. The average molecular weight is 512 g/mol. The number of Topliss-reactive ketones (excluding diaryl/α,β-unsaturated/α-hetero) is 1. The van der Waals surface area contributed by atoms with Gasteiger partial charge in [-0.1, -0.05) is 18.2 Å². The average Bonchev–Trinajstić information content (AvgIpc) is 2.87. The Morgan fingerprint density at radius 3 is 2.41 bits per heavy atom. The van der Waals surface area contributed by atoms with Gasteiger partial charge in [0.1, 0.15) is 24.9 Å². The highest BCUT2D eigenvalue weighted by Crippen LogP contribution is 2.37. The van der Waals surface area contributed by atoms with E-state index in [0.717, 1.165) is 5.56 Å². The third-order valence-electron chi connectivity index (χ3n) is 5.74. The Balaban J connectivity index is 1.49. The third-order valence-corrected chi connectivity index (χ3v) is 5.74. The highest BCUT2D eigenvalue weighted by atomic mass is 16.5. The zero-order valence-corrected chi connectivity index (χ0v) is 20.7. The van der Waals surface area contributed by atoms with Gasteiger partial charge in [-0.05, 0) is 79.4 Å². The standard InChI is InChI=1S/C28H33NO8/c1-29-17-37-26-13-18(7-10-24(26)33)5-8-22(31)15-23(32)9-6-19-12-25(34)28(35)27(14-19)36-16-20-3-2-4-21(30)11-20/h2-4,7,10-14,23,29-30,32-35H,5-6,8-9,15-17H2,1H3/t23-/m1/s1. The number of aliphatic hydroxyl groups excluding tert-OH is 1. The van der Waals surface area contributed by atoms with Gasteiger partial charge in [-0.15, -0.1) is 0 Å². The number of carbonyl (C=O) groups excluding carboxylic acids is 1. The molecule has 37 heavy (non-hydrogen) atoms. The molecule has 0 fully saturated rings. The molecule has 1 atom stereocenters. The van der Waals surface area contributed by atoms with E-state index in [1.807, 2.05) is 0 Å². The highest BCUT2D eigenvalue weighted by Gasteiger charge is 2.15. The molecule has 9 heteroatoms. The molecule has 0 radical (unpaired) electrons. The van der Waals surface area contributed by atoms with E-state index in [-0.39, 0.29) is 61.4 Å². The molecular weight excluding hydrogens is 478 g/mol. The predicted molar refractivity (Wildman–Crippen MR) is 137 cm³/mol. The van der Waals surface area contributed by atoms with Crippen LogP contribution in [-0.2, 0) is 24.2 Å². The second kappa shape index (κ2) is 13.4. The number of aryl methyl sites for hydroxylation is 2. The van der Waals surface area contributed by atoms with Crippen LogP contribution in [-0.4, -0.2) is 51.2 Å². The van der Waals surface area contributed by atoms with Crippen molar-refractivity contribution in [2.75, 3.05) is 13.8 Å². The second-order valence-corrected chi connectivity index (χ2v) is 8.80. The summed E-state index contributed by atoms with van der Waals surface area (Å²) in [5, 5.41) is 52.8. The first-order valence-electron chi connectivity index (χ1n) is 12.0. The first-order chi connectivity index (χ1) is 17.7. The van der Waals surface area contributed by atoms with Crippen LogP contribution in [0.1, 0.15) is 36.0 Å². The fraction of sp³-hybridized carbons (Fsp3) is 0.321. The van der Waals surface area contributed by atoms with Crippen molar-refractivity contribution in [3.63, 3.8) is 0 Å². The smallest absolute Gasteiger partial charge is 0.200 e. The van der Waals surface area contributed by atoms with Gasteiger partial charge in [0.2, 0.25) is 5.75 Å². The van der Waals surface area contributed by atoms with E-state index >= 15 is 0 Å². The number of ketones is 1. The number of hydrogen-bond acceptors (Lipinski definition) is 9. The van der Waals surface area contributed by atoms with Crippen LogP contribution in [0, 0.1) is 0 Å². The number of ether oxygens (including phenoxy) is 2. The zero-order valence-electron chi connectivity index (χ0n) is 20.7. The van der Waals surface area contributed by atoms with Gasteiger partial charge in [0.25, 0.3) is 0 Å². The van der Waals surface area contributed by atoms with E-state index < -0.39 is 11.9 Å². The van der Waals surface area contributed by atoms with Crippen molar-refractivity contribution in [2.24, 2.45) is 0 Å². The van der Waals surface area contributed by atoms with Gasteiger partial charge < -0.3 is 35.0 Å². The van der Waals surface area contributed by atoms with Crippen LogP contribution in [0.25, 0.3) is 0 Å². The molecule has 0 aliphatic heterocycles. The molecule has 0 saturated heterocycles. The summed E-state index contributed by atoms with van der Waals surface area (Å²) in [6.07, 6.45) is 0.451. The molecule has 0 amide bonds. The fourth-order valence-electron chi connectivity index (χ4n) is 3.77. The van der Waals surface area contributed by atoms with E-state index in [2.05, 4.69) is 5.32 Å². The lowest BCUT2D eigenvalue weighted by molar-refractivity contribution is -0.121. The molecule has 3 aromatic carbocycles. The van der Waals surface area contributed by atoms with E-state index in [1.54, 1.807) is 37.4 Å². The molecule has 9 nitrogen and oxygen atoms in total. The molecule has 198 valence electrons. The normalized spacial score (nSPS) is 11.7. The number of nitrogens with one attached hydrogen (secondary N) is 1. The Kier molecular flexibility index (Phi) is 10.00. The SMILES string of the molecule is CNCOc1cc(CCC(=O)C[C@H](O)CCc2cc(O)c(O)c(OCc3cccc(O)c3)c2)ccc1O. The van der Waals surface area contributed by atoms with Crippen LogP contribution in [0.4, 0.5) is 0 Å². The summed E-state index contributed by atoms with van der Waals surface area (Å²) < 4.78 is 11.0. The lowest BCUT2D eigenvalue weighted by atomic mass is 9.99. The summed E-state index contributed by atoms with van der Waals surface area (Å²) in [7, 11) is 1.72. The number of aromatic hydroxyl groups is 4. The summed E-state index contributed by atoms with van der Waals surface area (Å²) in [6.45, 7) is 0.318. The minimum atomic E-state index is -0.866. The summed E-state index contributed by atoms with van der Waals surface area (Å²) in [5.41, 5.74) is 2.16. The lowest BCUT2D eigenvalue weighted by Gasteiger charge is -2.14. The van der Waals surface area contributed by atoms with Crippen LogP contribution >= 0.6 is 0 Å². The van der Waals surface area contributed by atoms with Crippen molar-refractivity contribution in [3.8, 4) is 34.5 Å². The van der Waals surface area contributed by atoms with Crippen LogP contribution in [0.3, 0.4) is 0 Å². The molecule has 3 rings (SSSR count). The number of phenols is 4. The number of hydrogen-bond donors (Lipinski definition) is 6. The van der Waals surface area contributed by atoms with Crippen LogP contribution in [0.2, 0.25) is 0 Å². The van der Waals surface area contributed by atoms with Crippen LogP contribution < -0.4 is 14.8 Å². The Labute approximate surface area is 215 Å². The zero-order chi connectivity index (χ0) is 26.8. The van der Waals surface area contributed by atoms with E-state index in [0.29, 0.717) is 29.7 Å². The molecule has 0 unspecified atom stereocenters. The molecular formula is C28H33NO8. The minimum absolute atomic E-state index is 0.00782. The quantitative estimate of drug-likeness (QED) is 0.141. The molecule has 0 aliphatic carbocycles. The van der Waals surface area contributed by atoms with Crippen molar-refractivity contribution in [3.05, 3.63) is 71.3 Å². The number of aliphatic hydroxyl groups is 1. The van der Waals surface area contributed by atoms with Crippen molar-refractivity contribution in [1.82, 2.24) is 5.32 Å². The first-order valence-corrected chi connectivity index (χ1v) is 12.0. The van der Waals surface area contributed by atoms with Gasteiger partial charge in [0, 0.05) is 12.8 Å². The largest absolute Gasteiger partial charge is 0.508 e. The maximum atomic E-state index is 12.4. The topological polar surface area (TPSA) is 149 Å². The molecule has 3 aromatic rings. The van der Waals surface area contributed by atoms with Gasteiger partial charge in [-0.25, -0.2) is 0 Å². The number of carbonyl (C=O) groups is 1. The second-order valence-electron chi connectivity index (χ2n) is 8.80.